The molecule has 0 aliphatic carbocycles. The molecule has 1 atom stereocenters. The maximum atomic E-state index is 6.18. The maximum Gasteiger partial charge on any atom is 0.210 e. The van der Waals surface area contributed by atoms with Crippen molar-refractivity contribution < 1.29 is 4.42 Å². The van der Waals surface area contributed by atoms with Crippen LogP contribution in [-0.4, -0.2) is 35.1 Å². The summed E-state index contributed by atoms with van der Waals surface area (Å²) < 4.78 is 8.47. The molecule has 0 aliphatic heterocycles. The van der Waals surface area contributed by atoms with E-state index in [1.54, 1.807) is 10.9 Å². The minimum atomic E-state index is -0.0880. The first-order chi connectivity index (χ1) is 12.6. The summed E-state index contributed by atoms with van der Waals surface area (Å²) in [5.74, 6) is 8.17. The van der Waals surface area contributed by atoms with Crippen LogP contribution in [0.25, 0.3) is 17.1 Å². The van der Waals surface area contributed by atoms with E-state index in [4.69, 9.17) is 10.3 Å². The number of hydrogen-bond donors (Lipinski definition) is 1. The molecule has 4 aromatic rings. The fraction of sp³-hybridized carbons (Fsp3) is 0.188. The fourth-order valence-electron chi connectivity index (χ4n) is 2.57. The Morgan fingerprint density at radius 1 is 1.12 bits per heavy atom. The highest BCUT2D eigenvalue weighted by Gasteiger charge is 2.22. The highest BCUT2D eigenvalue weighted by atomic mass is 32.2. The zero-order valence-corrected chi connectivity index (χ0v) is 15.0. The summed E-state index contributed by atoms with van der Waals surface area (Å²) in [7, 11) is 0. The van der Waals surface area contributed by atoms with Gasteiger partial charge in [0.1, 0.15) is 5.76 Å². The van der Waals surface area contributed by atoms with E-state index in [0.717, 1.165) is 17.0 Å². The molecule has 9 nitrogen and oxygen atoms in total. The molecule has 2 N–H and O–H groups in total. The molecule has 3 aromatic heterocycles. The van der Waals surface area contributed by atoms with Gasteiger partial charge in [-0.1, -0.05) is 30.0 Å². The first kappa shape index (κ1) is 16.3. The predicted molar refractivity (Wildman–Crippen MR) is 96.0 cm³/mol. The molecule has 0 aliphatic rings. The summed E-state index contributed by atoms with van der Waals surface area (Å²) in [6, 6.07) is 11.5. The van der Waals surface area contributed by atoms with E-state index in [0.29, 0.717) is 16.8 Å². The normalized spacial score (nSPS) is 12.4. The minimum Gasteiger partial charge on any atom is -0.469 e. The Bertz CT molecular complexity index is 1020. The number of tetrazole rings is 1. The van der Waals surface area contributed by atoms with Gasteiger partial charge in [-0.15, -0.1) is 15.3 Å². The summed E-state index contributed by atoms with van der Waals surface area (Å²) in [6.07, 6.45) is 1.60. The highest BCUT2D eigenvalue weighted by Crippen LogP contribution is 2.34. The number of nitrogens with zero attached hydrogens (tertiary/aromatic N) is 7. The molecule has 4 rings (SSSR count). The van der Waals surface area contributed by atoms with Crippen LogP contribution in [-0.2, 0) is 0 Å². The SMILES string of the molecule is Cc1occc1-c1nnc(SC(C)c2nnnn2-c2ccccc2)n1N. The summed E-state index contributed by atoms with van der Waals surface area (Å²) in [6.45, 7) is 3.85. The monoisotopic (exact) mass is 368 g/mol. The molecule has 26 heavy (non-hydrogen) atoms. The quantitative estimate of drug-likeness (QED) is 0.422. The predicted octanol–water partition coefficient (Wildman–Crippen LogP) is 2.39. The molecule has 132 valence electrons. The van der Waals surface area contributed by atoms with E-state index in [9.17, 15) is 0 Å². The highest BCUT2D eigenvalue weighted by molar-refractivity contribution is 7.99. The van der Waals surface area contributed by atoms with Gasteiger partial charge in [-0.2, -0.15) is 4.68 Å². The molecule has 0 spiro atoms. The molecular weight excluding hydrogens is 352 g/mol. The molecule has 3 heterocycles. The summed E-state index contributed by atoms with van der Waals surface area (Å²) >= 11 is 1.43. The lowest BCUT2D eigenvalue weighted by Crippen LogP contribution is -2.12. The molecule has 10 heteroatoms. The van der Waals surface area contributed by atoms with Crippen molar-refractivity contribution in [3.8, 4) is 17.1 Å². The Morgan fingerprint density at radius 3 is 2.65 bits per heavy atom. The average Bonchev–Trinajstić information content (AvgIpc) is 3.37. The van der Waals surface area contributed by atoms with Gasteiger partial charge in [-0.25, -0.2) is 4.68 Å². The summed E-state index contributed by atoms with van der Waals surface area (Å²) in [5, 5.41) is 20.9. The van der Waals surface area contributed by atoms with Gasteiger partial charge in [0.2, 0.25) is 5.16 Å². The number of nitrogen functional groups attached to an aromatic ring is 1. The standard InChI is InChI=1S/C16H16N8OS/c1-10-13(8-9-25-10)15-18-20-16(23(15)17)26-11(2)14-19-21-22-24(14)12-6-4-3-5-7-12/h3-9,11H,17H2,1-2H3. The lowest BCUT2D eigenvalue weighted by molar-refractivity contribution is 0.535. The number of hydrogen-bond acceptors (Lipinski definition) is 8. The van der Waals surface area contributed by atoms with E-state index >= 15 is 0 Å². The maximum absolute atomic E-state index is 6.18. The van der Waals surface area contributed by atoms with Crippen molar-refractivity contribution in [2.75, 3.05) is 5.84 Å². The number of aryl methyl sites for hydroxylation is 1. The number of aromatic nitrogens is 7. The van der Waals surface area contributed by atoms with Crippen LogP contribution in [0.15, 0.2) is 52.2 Å². The Morgan fingerprint density at radius 2 is 1.92 bits per heavy atom. The zero-order chi connectivity index (χ0) is 18.1. The third kappa shape index (κ3) is 2.84. The number of thioether (sulfide) groups is 1. The lowest BCUT2D eigenvalue weighted by atomic mass is 10.2. The minimum absolute atomic E-state index is 0.0880. The van der Waals surface area contributed by atoms with Crippen LogP contribution < -0.4 is 5.84 Å². The topological polar surface area (TPSA) is 113 Å². The van der Waals surface area contributed by atoms with Gasteiger partial charge in [0.05, 0.1) is 22.8 Å². The van der Waals surface area contributed by atoms with Gasteiger partial charge >= 0.3 is 0 Å². The van der Waals surface area contributed by atoms with Crippen LogP contribution in [0.3, 0.4) is 0 Å². The van der Waals surface area contributed by atoms with Crippen molar-refractivity contribution >= 4 is 11.8 Å². The van der Waals surface area contributed by atoms with Crippen LogP contribution in [0, 0.1) is 6.92 Å². The fourth-order valence-corrected chi connectivity index (χ4v) is 3.43. The van der Waals surface area contributed by atoms with Gasteiger partial charge < -0.3 is 10.3 Å². The molecule has 1 unspecified atom stereocenters. The number of benzene rings is 1. The van der Waals surface area contributed by atoms with E-state index in [1.165, 1.54) is 16.4 Å². The van der Waals surface area contributed by atoms with E-state index in [1.807, 2.05) is 50.2 Å². The number of furan rings is 1. The molecule has 0 radical (unpaired) electrons. The Labute approximate surface area is 153 Å². The van der Waals surface area contributed by atoms with Gasteiger partial charge in [0.25, 0.3) is 0 Å². The number of rotatable bonds is 5. The van der Waals surface area contributed by atoms with E-state index < -0.39 is 0 Å². The van der Waals surface area contributed by atoms with E-state index in [2.05, 4.69) is 25.7 Å². The van der Waals surface area contributed by atoms with Crippen molar-refractivity contribution in [2.24, 2.45) is 0 Å². The second-order valence-electron chi connectivity index (χ2n) is 5.61. The average molecular weight is 368 g/mol. The van der Waals surface area contributed by atoms with E-state index in [-0.39, 0.29) is 5.25 Å². The number of para-hydroxylation sites is 1. The van der Waals surface area contributed by atoms with Gasteiger partial charge in [-0.05, 0) is 42.5 Å². The molecule has 0 saturated heterocycles. The third-order valence-corrected chi connectivity index (χ3v) is 4.96. The molecule has 0 fully saturated rings. The van der Waals surface area contributed by atoms with Crippen LogP contribution in [0.5, 0.6) is 0 Å². The summed E-state index contributed by atoms with van der Waals surface area (Å²) in [4.78, 5) is 0. The van der Waals surface area contributed by atoms with Gasteiger partial charge in [0.15, 0.2) is 11.6 Å². The second-order valence-corrected chi connectivity index (χ2v) is 6.92. The van der Waals surface area contributed by atoms with Crippen molar-refractivity contribution in [2.45, 2.75) is 24.3 Å². The smallest absolute Gasteiger partial charge is 0.210 e. The second kappa shape index (κ2) is 6.64. The first-order valence-electron chi connectivity index (χ1n) is 7.90. The third-order valence-electron chi connectivity index (χ3n) is 3.90. The van der Waals surface area contributed by atoms with Gasteiger partial charge in [0, 0.05) is 0 Å². The van der Waals surface area contributed by atoms with Crippen molar-refractivity contribution in [1.82, 2.24) is 35.1 Å². The Hall–Kier alpha value is -3.14. The Balaban J connectivity index is 1.61. The van der Waals surface area contributed by atoms with Gasteiger partial charge in [-0.3, -0.25) is 0 Å². The first-order valence-corrected chi connectivity index (χ1v) is 8.78. The lowest BCUT2D eigenvalue weighted by Gasteiger charge is -2.10. The van der Waals surface area contributed by atoms with Crippen molar-refractivity contribution in [1.29, 1.82) is 0 Å². The van der Waals surface area contributed by atoms with Crippen LogP contribution in [0.1, 0.15) is 23.8 Å². The largest absolute Gasteiger partial charge is 0.469 e. The Kier molecular flexibility index (Phi) is 4.17. The van der Waals surface area contributed by atoms with Crippen molar-refractivity contribution in [3.05, 3.63) is 54.2 Å². The van der Waals surface area contributed by atoms with Crippen LogP contribution >= 0.6 is 11.8 Å². The molecule has 0 amide bonds. The molecular formula is C16H16N8OS. The van der Waals surface area contributed by atoms with Crippen LogP contribution in [0.2, 0.25) is 0 Å². The summed E-state index contributed by atoms with van der Waals surface area (Å²) in [5.41, 5.74) is 1.71. The molecule has 1 aromatic carbocycles. The van der Waals surface area contributed by atoms with Crippen LogP contribution in [0.4, 0.5) is 0 Å². The molecule has 0 bridgehead atoms. The number of nitrogens with two attached hydrogens (primary N) is 1. The van der Waals surface area contributed by atoms with Crippen molar-refractivity contribution in [3.63, 3.8) is 0 Å². The molecule has 0 saturated carbocycles. The zero-order valence-electron chi connectivity index (χ0n) is 14.1.